The molecule has 2 heteroatoms. The molecule has 2 rings (SSSR count). The van der Waals surface area contributed by atoms with Gasteiger partial charge in [0.25, 0.3) is 0 Å². The summed E-state index contributed by atoms with van der Waals surface area (Å²) in [5, 5.41) is 3.83. The largest absolute Gasteiger partial charge is 0.382 e. The minimum atomic E-state index is 0.624. The molecule has 3 unspecified atom stereocenters. The summed E-state index contributed by atoms with van der Waals surface area (Å²) in [4.78, 5) is 0. The Hall–Kier alpha value is -0.500. The zero-order valence-electron chi connectivity index (χ0n) is 13.5. The van der Waals surface area contributed by atoms with E-state index in [4.69, 9.17) is 0 Å². The van der Waals surface area contributed by atoms with Gasteiger partial charge in [-0.25, -0.2) is 0 Å². The van der Waals surface area contributed by atoms with Crippen LogP contribution < -0.4 is 5.32 Å². The van der Waals surface area contributed by atoms with Crippen molar-refractivity contribution in [3.05, 3.63) is 27.7 Å². The minimum Gasteiger partial charge on any atom is -0.382 e. The van der Waals surface area contributed by atoms with E-state index in [2.05, 4.69) is 68.0 Å². The van der Waals surface area contributed by atoms with Crippen LogP contribution in [-0.4, -0.2) is 6.04 Å². The van der Waals surface area contributed by atoms with Crippen LogP contribution in [-0.2, 0) is 0 Å². The summed E-state index contributed by atoms with van der Waals surface area (Å²) in [6.45, 7) is 11.5. The molecule has 0 aliphatic heterocycles. The number of halogens is 1. The molecule has 1 aromatic carbocycles. The minimum absolute atomic E-state index is 0.624. The molecule has 0 aromatic heterocycles. The smallest absolute Gasteiger partial charge is 0.0348 e. The molecule has 0 bridgehead atoms. The van der Waals surface area contributed by atoms with E-state index in [9.17, 15) is 0 Å². The van der Waals surface area contributed by atoms with Crippen LogP contribution in [0, 0.1) is 31.6 Å². The van der Waals surface area contributed by atoms with Gasteiger partial charge in [-0.2, -0.15) is 0 Å². The zero-order valence-corrected chi connectivity index (χ0v) is 15.0. The maximum absolute atomic E-state index is 3.83. The monoisotopic (exact) mass is 337 g/mol. The predicted molar refractivity (Wildman–Crippen MR) is 92.4 cm³/mol. The van der Waals surface area contributed by atoms with Crippen LogP contribution in [0.5, 0.6) is 0 Å². The fourth-order valence-electron chi connectivity index (χ4n) is 3.61. The van der Waals surface area contributed by atoms with Crippen molar-refractivity contribution in [2.24, 2.45) is 17.8 Å². The molecular formula is C18H28BrN. The quantitative estimate of drug-likeness (QED) is 0.719. The van der Waals surface area contributed by atoms with Crippen molar-refractivity contribution in [1.82, 2.24) is 0 Å². The molecule has 0 saturated heterocycles. The molecule has 1 fully saturated rings. The van der Waals surface area contributed by atoms with Crippen molar-refractivity contribution in [3.63, 3.8) is 0 Å². The van der Waals surface area contributed by atoms with Gasteiger partial charge in [-0.05, 0) is 67.7 Å². The normalized spacial score (nSPS) is 26.9. The first-order valence-electron chi connectivity index (χ1n) is 7.91. The van der Waals surface area contributed by atoms with Crippen LogP contribution in [0.1, 0.15) is 51.2 Å². The maximum atomic E-state index is 3.83. The average molecular weight is 338 g/mol. The first kappa shape index (κ1) is 15.9. The van der Waals surface area contributed by atoms with Crippen molar-refractivity contribution < 1.29 is 0 Å². The number of nitrogens with one attached hydrogen (secondary N) is 1. The summed E-state index contributed by atoms with van der Waals surface area (Å²) in [6.07, 6.45) is 4.06. The van der Waals surface area contributed by atoms with Crippen molar-refractivity contribution in [2.75, 3.05) is 5.32 Å². The molecule has 1 nitrogen and oxygen atoms in total. The SMILES string of the molecule is Cc1cc(NC2CC(C)CCC2C(C)C)cc(C)c1Br. The van der Waals surface area contributed by atoms with Gasteiger partial charge in [-0.3, -0.25) is 0 Å². The van der Waals surface area contributed by atoms with E-state index >= 15 is 0 Å². The third-order valence-corrected chi connectivity index (χ3v) is 6.06. The number of rotatable bonds is 3. The van der Waals surface area contributed by atoms with Crippen LogP contribution in [0.3, 0.4) is 0 Å². The molecule has 112 valence electrons. The molecule has 0 amide bonds. The molecule has 1 aliphatic carbocycles. The standard InChI is InChI=1S/C18H28BrN/c1-11(2)16-7-6-12(3)8-17(16)20-15-9-13(4)18(19)14(5)10-15/h9-12,16-17,20H,6-8H2,1-5H3. The number of hydrogen-bond donors (Lipinski definition) is 1. The van der Waals surface area contributed by atoms with E-state index in [1.54, 1.807) is 0 Å². The highest BCUT2D eigenvalue weighted by atomic mass is 79.9. The molecule has 1 aromatic rings. The van der Waals surface area contributed by atoms with E-state index < -0.39 is 0 Å². The summed E-state index contributed by atoms with van der Waals surface area (Å²) >= 11 is 3.66. The lowest BCUT2D eigenvalue weighted by Gasteiger charge is -2.38. The molecule has 3 atom stereocenters. The second-order valence-corrected chi connectivity index (χ2v) is 7.79. The second kappa shape index (κ2) is 6.51. The van der Waals surface area contributed by atoms with Gasteiger partial charge >= 0.3 is 0 Å². The Bertz CT molecular complexity index is 443. The number of benzene rings is 1. The van der Waals surface area contributed by atoms with Gasteiger partial charge in [-0.15, -0.1) is 0 Å². The molecule has 1 saturated carbocycles. The molecule has 20 heavy (non-hydrogen) atoms. The van der Waals surface area contributed by atoms with Crippen molar-refractivity contribution >= 4 is 21.6 Å². The molecule has 0 radical (unpaired) electrons. The number of aryl methyl sites for hydroxylation is 2. The lowest BCUT2D eigenvalue weighted by molar-refractivity contribution is 0.212. The molecule has 0 spiro atoms. The van der Waals surface area contributed by atoms with Gasteiger partial charge in [-0.1, -0.05) is 43.1 Å². The third kappa shape index (κ3) is 3.58. The van der Waals surface area contributed by atoms with Crippen molar-refractivity contribution in [3.8, 4) is 0 Å². The van der Waals surface area contributed by atoms with Crippen LogP contribution in [0.4, 0.5) is 5.69 Å². The van der Waals surface area contributed by atoms with E-state index in [1.165, 1.54) is 40.5 Å². The summed E-state index contributed by atoms with van der Waals surface area (Å²) in [7, 11) is 0. The first-order valence-corrected chi connectivity index (χ1v) is 8.71. The van der Waals surface area contributed by atoms with E-state index in [-0.39, 0.29) is 0 Å². The zero-order chi connectivity index (χ0) is 14.9. The average Bonchev–Trinajstić information content (AvgIpc) is 2.35. The third-order valence-electron chi connectivity index (χ3n) is 4.81. The fourth-order valence-corrected chi connectivity index (χ4v) is 3.84. The summed E-state index contributed by atoms with van der Waals surface area (Å²) in [6, 6.07) is 5.17. The molecule has 1 N–H and O–H groups in total. The highest BCUT2D eigenvalue weighted by Crippen LogP contribution is 2.36. The van der Waals surface area contributed by atoms with Gasteiger partial charge < -0.3 is 5.32 Å². The fraction of sp³-hybridized carbons (Fsp3) is 0.667. The lowest BCUT2D eigenvalue weighted by Crippen LogP contribution is -2.37. The van der Waals surface area contributed by atoms with Gasteiger partial charge in [0.2, 0.25) is 0 Å². The van der Waals surface area contributed by atoms with Crippen molar-refractivity contribution in [1.29, 1.82) is 0 Å². The predicted octanol–water partition coefficient (Wildman–Crippen LogP) is 5.94. The summed E-state index contributed by atoms with van der Waals surface area (Å²) < 4.78 is 1.24. The highest BCUT2D eigenvalue weighted by Gasteiger charge is 2.30. The van der Waals surface area contributed by atoms with E-state index in [0.29, 0.717) is 6.04 Å². The summed E-state index contributed by atoms with van der Waals surface area (Å²) in [5.74, 6) is 2.41. The van der Waals surface area contributed by atoms with Crippen molar-refractivity contribution in [2.45, 2.75) is 59.9 Å². The Labute approximate surface area is 132 Å². The number of anilines is 1. The Morgan fingerprint density at radius 1 is 1.15 bits per heavy atom. The van der Waals surface area contributed by atoms with Crippen LogP contribution in [0.2, 0.25) is 0 Å². The van der Waals surface area contributed by atoms with Gasteiger partial charge in [0.15, 0.2) is 0 Å². The van der Waals surface area contributed by atoms with Crippen LogP contribution >= 0.6 is 15.9 Å². The van der Waals surface area contributed by atoms with Gasteiger partial charge in [0.1, 0.15) is 0 Å². The topological polar surface area (TPSA) is 12.0 Å². The Morgan fingerprint density at radius 3 is 2.30 bits per heavy atom. The van der Waals surface area contributed by atoms with Crippen LogP contribution in [0.25, 0.3) is 0 Å². The van der Waals surface area contributed by atoms with Gasteiger partial charge in [0, 0.05) is 16.2 Å². The van der Waals surface area contributed by atoms with Crippen LogP contribution in [0.15, 0.2) is 16.6 Å². The molecule has 0 heterocycles. The second-order valence-electron chi connectivity index (χ2n) is 7.00. The maximum Gasteiger partial charge on any atom is 0.0348 e. The highest BCUT2D eigenvalue weighted by molar-refractivity contribution is 9.10. The Balaban J connectivity index is 2.18. The Morgan fingerprint density at radius 2 is 1.75 bits per heavy atom. The Kier molecular flexibility index (Phi) is 5.17. The van der Waals surface area contributed by atoms with E-state index in [0.717, 1.165) is 17.8 Å². The molecular weight excluding hydrogens is 310 g/mol. The van der Waals surface area contributed by atoms with E-state index in [1.807, 2.05) is 0 Å². The molecule has 1 aliphatic rings. The first-order chi connectivity index (χ1) is 9.38. The number of hydrogen-bond acceptors (Lipinski definition) is 1. The lowest BCUT2D eigenvalue weighted by atomic mass is 9.74. The van der Waals surface area contributed by atoms with Gasteiger partial charge in [0.05, 0.1) is 0 Å². The summed E-state index contributed by atoms with van der Waals surface area (Å²) in [5.41, 5.74) is 3.92.